The second-order valence-electron chi connectivity index (χ2n) is 10.0. The Balaban J connectivity index is 1.67. The lowest BCUT2D eigenvalue weighted by Gasteiger charge is -2.30. The molecule has 2 aromatic heterocycles. The Hall–Kier alpha value is -3.71. The van der Waals surface area contributed by atoms with Crippen molar-refractivity contribution < 1.29 is 5.11 Å². The van der Waals surface area contributed by atoms with Crippen molar-refractivity contribution in [1.82, 2.24) is 19.4 Å². The van der Waals surface area contributed by atoms with E-state index in [9.17, 15) is 9.90 Å². The van der Waals surface area contributed by atoms with Crippen molar-refractivity contribution in [2.24, 2.45) is 14.1 Å². The molecule has 1 unspecified atom stereocenters. The largest absolute Gasteiger partial charge is 0.374 e. The fourth-order valence-electron chi connectivity index (χ4n) is 5.15. The van der Waals surface area contributed by atoms with Crippen LogP contribution < -0.4 is 10.9 Å². The van der Waals surface area contributed by atoms with Crippen LogP contribution in [0.3, 0.4) is 0 Å². The van der Waals surface area contributed by atoms with Crippen molar-refractivity contribution in [1.29, 1.82) is 0 Å². The van der Waals surface area contributed by atoms with Gasteiger partial charge in [0.15, 0.2) is 5.60 Å². The Morgan fingerprint density at radius 2 is 1.77 bits per heavy atom. The highest BCUT2D eigenvalue weighted by molar-refractivity contribution is 6.30. The average Bonchev–Trinajstić information content (AvgIpc) is 3.39. The van der Waals surface area contributed by atoms with Crippen LogP contribution in [0.1, 0.15) is 42.1 Å². The fourth-order valence-corrected chi connectivity index (χ4v) is 5.34. The van der Waals surface area contributed by atoms with E-state index >= 15 is 0 Å². The molecule has 0 amide bonds. The quantitative estimate of drug-likeness (QED) is 0.233. The van der Waals surface area contributed by atoms with E-state index in [-0.39, 0.29) is 5.56 Å². The number of nitrogens with one attached hydrogen (secondary N) is 1. The van der Waals surface area contributed by atoms with E-state index in [2.05, 4.69) is 29.4 Å². The molecule has 0 aliphatic heterocycles. The van der Waals surface area contributed by atoms with Crippen molar-refractivity contribution in [2.75, 3.05) is 6.54 Å². The lowest BCUT2D eigenvalue weighted by Crippen LogP contribution is -2.31. The molecule has 3 aromatic carbocycles. The van der Waals surface area contributed by atoms with Crippen molar-refractivity contribution in [3.8, 4) is 11.1 Å². The van der Waals surface area contributed by atoms with E-state index in [1.54, 1.807) is 30.2 Å². The molecule has 7 heteroatoms. The first-order valence-corrected chi connectivity index (χ1v) is 13.6. The topological polar surface area (TPSA) is 72.1 Å². The monoisotopic (exact) mass is 540 g/mol. The summed E-state index contributed by atoms with van der Waals surface area (Å²) < 4.78 is 3.46. The number of rotatable bonds is 9. The minimum atomic E-state index is -1.48. The van der Waals surface area contributed by atoms with Gasteiger partial charge in [0.05, 0.1) is 23.7 Å². The van der Waals surface area contributed by atoms with Crippen LogP contribution >= 0.6 is 11.6 Å². The Kier molecular flexibility index (Phi) is 7.71. The summed E-state index contributed by atoms with van der Waals surface area (Å²) in [5, 5.41) is 17.5. The maximum Gasteiger partial charge on any atom is 0.251 e. The number of aliphatic hydroxyl groups is 1. The number of fused-ring (bicyclic) bond motifs is 1. The lowest BCUT2D eigenvalue weighted by atomic mass is 9.82. The zero-order valence-electron chi connectivity index (χ0n) is 22.5. The molecule has 0 aliphatic rings. The molecule has 5 aromatic rings. The first-order chi connectivity index (χ1) is 18.8. The van der Waals surface area contributed by atoms with Gasteiger partial charge in [-0.1, -0.05) is 67.4 Å². The van der Waals surface area contributed by atoms with Crippen molar-refractivity contribution in [2.45, 2.75) is 31.9 Å². The van der Waals surface area contributed by atoms with Gasteiger partial charge >= 0.3 is 0 Å². The Bertz CT molecular complexity index is 1670. The van der Waals surface area contributed by atoms with Gasteiger partial charge in [0.2, 0.25) is 0 Å². The highest BCUT2D eigenvalue weighted by Crippen LogP contribution is 2.39. The molecular formula is C32H33ClN4O2. The summed E-state index contributed by atoms with van der Waals surface area (Å²) in [6.45, 7) is 3.93. The van der Waals surface area contributed by atoms with Gasteiger partial charge in [-0.2, -0.15) is 0 Å². The molecule has 6 nitrogen and oxygen atoms in total. The number of imidazole rings is 1. The normalized spacial score (nSPS) is 13.1. The minimum absolute atomic E-state index is 0.116. The summed E-state index contributed by atoms with van der Waals surface area (Å²) in [5.74, 6) is 0. The molecule has 1 atom stereocenters. The maximum absolute atomic E-state index is 12.9. The first kappa shape index (κ1) is 26.9. The molecule has 2 heterocycles. The zero-order valence-corrected chi connectivity index (χ0v) is 23.2. The molecule has 0 aliphatic carbocycles. The first-order valence-electron chi connectivity index (χ1n) is 13.2. The number of benzene rings is 3. The third-order valence-corrected chi connectivity index (χ3v) is 7.63. The van der Waals surface area contributed by atoms with Crippen LogP contribution in [0.2, 0.25) is 5.02 Å². The SMILES string of the molecule is CCCCNCc1ccc(C(O)(c2ccc3c(c2)c(-c2cccc(Cl)c2)cc(=O)n3C)c2cncn2C)cc1. The number of hydrogen-bond donors (Lipinski definition) is 2. The molecule has 0 fully saturated rings. The van der Waals surface area contributed by atoms with Gasteiger partial charge in [-0.05, 0) is 65.0 Å². The summed E-state index contributed by atoms with van der Waals surface area (Å²) in [6, 6.07) is 22.9. The Morgan fingerprint density at radius 3 is 2.46 bits per heavy atom. The molecule has 0 spiro atoms. The summed E-state index contributed by atoms with van der Waals surface area (Å²) in [4.78, 5) is 17.2. The second-order valence-corrected chi connectivity index (χ2v) is 10.5. The zero-order chi connectivity index (χ0) is 27.6. The van der Waals surface area contributed by atoms with Gasteiger partial charge < -0.3 is 19.6 Å². The number of pyridine rings is 1. The fraction of sp³-hybridized carbons (Fsp3) is 0.250. The molecule has 0 radical (unpaired) electrons. The van der Waals surface area contributed by atoms with Crippen LogP contribution in [-0.4, -0.2) is 25.8 Å². The van der Waals surface area contributed by atoms with Gasteiger partial charge in [0.25, 0.3) is 5.56 Å². The lowest BCUT2D eigenvalue weighted by molar-refractivity contribution is 0.117. The van der Waals surface area contributed by atoms with Crippen LogP contribution in [0, 0.1) is 0 Å². The van der Waals surface area contributed by atoms with E-state index in [4.69, 9.17) is 11.6 Å². The van der Waals surface area contributed by atoms with Crippen LogP contribution in [0.5, 0.6) is 0 Å². The van der Waals surface area contributed by atoms with Crippen LogP contribution in [0.15, 0.2) is 90.1 Å². The third-order valence-electron chi connectivity index (χ3n) is 7.40. The average molecular weight is 541 g/mol. The summed E-state index contributed by atoms with van der Waals surface area (Å²) in [6.07, 6.45) is 5.68. The van der Waals surface area contributed by atoms with Gasteiger partial charge in [-0.3, -0.25) is 4.79 Å². The van der Waals surface area contributed by atoms with Gasteiger partial charge in [0.1, 0.15) is 0 Å². The summed E-state index contributed by atoms with van der Waals surface area (Å²) in [7, 11) is 3.63. The predicted octanol–water partition coefficient (Wildman–Crippen LogP) is 5.77. The second kappa shape index (κ2) is 11.2. The van der Waals surface area contributed by atoms with Crippen LogP contribution in [0.25, 0.3) is 22.0 Å². The van der Waals surface area contributed by atoms with E-state index in [1.165, 1.54) is 0 Å². The number of aromatic nitrogens is 3. The highest BCUT2D eigenvalue weighted by Gasteiger charge is 2.37. The van der Waals surface area contributed by atoms with E-state index in [1.807, 2.05) is 66.2 Å². The number of halogens is 1. The third kappa shape index (κ3) is 5.15. The van der Waals surface area contributed by atoms with Crippen molar-refractivity contribution >= 4 is 22.5 Å². The molecule has 5 rings (SSSR count). The van der Waals surface area contributed by atoms with Gasteiger partial charge in [-0.15, -0.1) is 0 Å². The molecule has 200 valence electrons. The summed E-state index contributed by atoms with van der Waals surface area (Å²) >= 11 is 6.31. The number of hydrogen-bond acceptors (Lipinski definition) is 4. The van der Waals surface area contributed by atoms with Crippen LogP contribution in [-0.2, 0) is 26.2 Å². The standard InChI is InChI=1S/C32H33ClN4O2/c1-4-5-15-34-19-22-9-11-24(12-10-22)32(39,30-20-35-21-36(30)2)25-13-14-29-28(17-25)27(18-31(38)37(29)3)23-7-6-8-26(33)16-23/h6-14,16-18,20-21,34,39H,4-5,15,19H2,1-3H3. The van der Waals surface area contributed by atoms with E-state index in [0.29, 0.717) is 16.3 Å². The molecule has 0 saturated carbocycles. The number of nitrogens with zero attached hydrogens (tertiary/aromatic N) is 3. The van der Waals surface area contributed by atoms with Crippen molar-refractivity contribution in [3.05, 3.63) is 123 Å². The van der Waals surface area contributed by atoms with E-state index < -0.39 is 5.60 Å². The maximum atomic E-state index is 12.9. The van der Waals surface area contributed by atoms with Crippen LogP contribution in [0.4, 0.5) is 0 Å². The predicted molar refractivity (Wildman–Crippen MR) is 158 cm³/mol. The molecular weight excluding hydrogens is 508 g/mol. The van der Waals surface area contributed by atoms with Gasteiger partial charge in [0, 0.05) is 37.1 Å². The molecule has 0 saturated heterocycles. The van der Waals surface area contributed by atoms with E-state index in [0.717, 1.165) is 59.1 Å². The summed E-state index contributed by atoms with van der Waals surface area (Å²) in [5.41, 5.74) is 3.98. The van der Waals surface area contributed by atoms with Crippen molar-refractivity contribution in [3.63, 3.8) is 0 Å². The Morgan fingerprint density at radius 1 is 1.00 bits per heavy atom. The number of unbranched alkanes of at least 4 members (excludes halogenated alkanes) is 1. The Labute approximate surface area is 233 Å². The minimum Gasteiger partial charge on any atom is -0.374 e. The molecule has 39 heavy (non-hydrogen) atoms. The number of aryl methyl sites for hydroxylation is 2. The smallest absolute Gasteiger partial charge is 0.251 e. The van der Waals surface area contributed by atoms with Gasteiger partial charge in [-0.25, -0.2) is 4.98 Å². The molecule has 2 N–H and O–H groups in total. The highest BCUT2D eigenvalue weighted by atomic mass is 35.5. The molecule has 0 bridgehead atoms.